The van der Waals surface area contributed by atoms with Crippen LogP contribution in [0.3, 0.4) is 0 Å². The molecular weight excluding hydrogens is 250 g/mol. The Labute approximate surface area is 109 Å². The second kappa shape index (κ2) is 5.07. The highest BCUT2D eigenvalue weighted by molar-refractivity contribution is 7.20. The highest BCUT2D eigenvalue weighted by Gasteiger charge is 2.16. The summed E-state index contributed by atoms with van der Waals surface area (Å²) in [5.41, 5.74) is 0.936. The van der Waals surface area contributed by atoms with Crippen LogP contribution < -0.4 is 5.32 Å². The lowest BCUT2D eigenvalue weighted by Crippen LogP contribution is -2.32. The summed E-state index contributed by atoms with van der Waals surface area (Å²) in [6.07, 6.45) is 0.567. The summed E-state index contributed by atoms with van der Waals surface area (Å²) in [5, 5.41) is 17.0. The molecule has 2 rings (SSSR count). The van der Waals surface area contributed by atoms with Gasteiger partial charge in [0.15, 0.2) is 0 Å². The molecule has 0 spiro atoms. The van der Waals surface area contributed by atoms with Gasteiger partial charge in [-0.05, 0) is 26.3 Å². The fraction of sp³-hybridized carbons (Fsp3) is 0.500. The zero-order valence-corrected chi connectivity index (χ0v) is 11.5. The van der Waals surface area contributed by atoms with E-state index in [1.54, 1.807) is 4.68 Å². The lowest BCUT2D eigenvalue weighted by atomic mass is 10.2. The lowest BCUT2D eigenvalue weighted by Gasteiger charge is -2.10. The van der Waals surface area contributed by atoms with Gasteiger partial charge in [-0.2, -0.15) is 5.10 Å². The second-order valence-corrected chi connectivity index (χ2v) is 5.46. The standard InChI is InChI=1S/C12H17N3O2S/c1-7(4-5-16)13-11(17)10-6-9-8(2)14-15(3)12(9)18-10/h6-7,16H,4-5H2,1-3H3,(H,13,17). The van der Waals surface area contributed by atoms with Gasteiger partial charge in [-0.15, -0.1) is 11.3 Å². The molecule has 1 unspecified atom stereocenters. The van der Waals surface area contributed by atoms with Crippen LogP contribution >= 0.6 is 11.3 Å². The van der Waals surface area contributed by atoms with Crippen LogP contribution in [0.5, 0.6) is 0 Å². The van der Waals surface area contributed by atoms with Gasteiger partial charge in [0.2, 0.25) is 0 Å². The molecule has 2 heterocycles. The van der Waals surface area contributed by atoms with E-state index < -0.39 is 0 Å². The molecule has 0 saturated carbocycles. The number of aliphatic hydroxyl groups excluding tert-OH is 1. The Balaban J connectivity index is 2.21. The zero-order valence-electron chi connectivity index (χ0n) is 10.7. The van der Waals surface area contributed by atoms with Crippen molar-refractivity contribution in [2.24, 2.45) is 7.05 Å². The van der Waals surface area contributed by atoms with Crippen molar-refractivity contribution in [2.45, 2.75) is 26.3 Å². The van der Waals surface area contributed by atoms with Crippen LogP contribution in [-0.4, -0.2) is 33.4 Å². The predicted octanol–water partition coefficient (Wildman–Crippen LogP) is 1.44. The third-order valence-corrected chi connectivity index (χ3v) is 4.06. The fourth-order valence-electron chi connectivity index (χ4n) is 1.88. The number of nitrogens with one attached hydrogen (secondary N) is 1. The summed E-state index contributed by atoms with van der Waals surface area (Å²) in [5.74, 6) is -0.0865. The van der Waals surface area contributed by atoms with Crippen molar-refractivity contribution in [1.29, 1.82) is 0 Å². The van der Waals surface area contributed by atoms with Crippen LogP contribution in [-0.2, 0) is 7.05 Å². The molecule has 18 heavy (non-hydrogen) atoms. The van der Waals surface area contributed by atoms with Crippen LogP contribution in [0.15, 0.2) is 6.07 Å². The van der Waals surface area contributed by atoms with Crippen molar-refractivity contribution < 1.29 is 9.90 Å². The molecule has 98 valence electrons. The first-order valence-corrected chi connectivity index (χ1v) is 6.69. The van der Waals surface area contributed by atoms with Gasteiger partial charge in [-0.25, -0.2) is 0 Å². The van der Waals surface area contributed by atoms with Crippen molar-refractivity contribution in [3.63, 3.8) is 0 Å². The van der Waals surface area contributed by atoms with Gasteiger partial charge in [0, 0.05) is 25.1 Å². The van der Waals surface area contributed by atoms with E-state index in [0.29, 0.717) is 11.3 Å². The summed E-state index contributed by atoms with van der Waals surface area (Å²) in [6, 6.07) is 1.86. The highest BCUT2D eigenvalue weighted by atomic mass is 32.1. The third kappa shape index (κ3) is 2.39. The minimum Gasteiger partial charge on any atom is -0.396 e. The second-order valence-electron chi connectivity index (χ2n) is 4.43. The number of amides is 1. The summed E-state index contributed by atoms with van der Waals surface area (Å²) >= 11 is 1.44. The van der Waals surface area contributed by atoms with Gasteiger partial charge >= 0.3 is 0 Å². The number of hydrogen-bond donors (Lipinski definition) is 2. The molecule has 0 radical (unpaired) electrons. The van der Waals surface area contributed by atoms with Gasteiger partial charge < -0.3 is 10.4 Å². The maximum Gasteiger partial charge on any atom is 0.261 e. The Morgan fingerprint density at radius 1 is 1.67 bits per heavy atom. The van der Waals surface area contributed by atoms with E-state index >= 15 is 0 Å². The average molecular weight is 267 g/mol. The number of carbonyl (C=O) groups excluding carboxylic acids is 1. The maximum absolute atomic E-state index is 12.0. The van der Waals surface area contributed by atoms with Gasteiger partial charge in [0.1, 0.15) is 4.83 Å². The molecule has 2 aromatic heterocycles. The molecule has 2 N–H and O–H groups in total. The molecule has 0 fully saturated rings. The number of aryl methyl sites for hydroxylation is 2. The number of nitrogens with zero attached hydrogens (tertiary/aromatic N) is 2. The van der Waals surface area contributed by atoms with Crippen LogP contribution in [0, 0.1) is 6.92 Å². The van der Waals surface area contributed by atoms with E-state index in [4.69, 9.17) is 5.11 Å². The van der Waals surface area contributed by atoms with E-state index in [1.807, 2.05) is 27.0 Å². The predicted molar refractivity (Wildman–Crippen MR) is 72.0 cm³/mol. The molecule has 6 heteroatoms. The molecule has 0 aliphatic heterocycles. The van der Waals surface area contributed by atoms with Crippen molar-refractivity contribution in [2.75, 3.05) is 6.61 Å². The molecular formula is C12H17N3O2S. The van der Waals surface area contributed by atoms with Crippen LogP contribution in [0.25, 0.3) is 10.2 Å². The van der Waals surface area contributed by atoms with Gasteiger partial charge in [0.25, 0.3) is 5.91 Å². The Bertz CT molecular complexity index is 539. The molecule has 0 bridgehead atoms. The van der Waals surface area contributed by atoms with E-state index in [9.17, 15) is 4.79 Å². The third-order valence-electron chi connectivity index (χ3n) is 2.86. The molecule has 1 amide bonds. The zero-order chi connectivity index (χ0) is 13.3. The first-order chi connectivity index (χ1) is 8.52. The molecule has 0 aliphatic rings. The van der Waals surface area contributed by atoms with Crippen molar-refractivity contribution in [3.05, 3.63) is 16.6 Å². The number of rotatable bonds is 4. The molecule has 0 aliphatic carbocycles. The van der Waals surface area contributed by atoms with Gasteiger partial charge in [-0.3, -0.25) is 9.48 Å². The maximum atomic E-state index is 12.0. The lowest BCUT2D eigenvalue weighted by molar-refractivity contribution is 0.0938. The van der Waals surface area contributed by atoms with Crippen molar-refractivity contribution >= 4 is 27.5 Å². The normalized spacial score (nSPS) is 12.9. The number of fused-ring (bicyclic) bond motifs is 1. The Kier molecular flexibility index (Phi) is 3.68. The van der Waals surface area contributed by atoms with Crippen LogP contribution in [0.1, 0.15) is 28.7 Å². The number of hydrogen-bond acceptors (Lipinski definition) is 4. The molecule has 2 aromatic rings. The number of carbonyl (C=O) groups is 1. The summed E-state index contributed by atoms with van der Waals surface area (Å²) in [4.78, 5) is 13.7. The monoisotopic (exact) mass is 267 g/mol. The van der Waals surface area contributed by atoms with Crippen LogP contribution in [0.4, 0.5) is 0 Å². The minimum atomic E-state index is -0.0865. The molecule has 0 saturated heterocycles. The van der Waals surface area contributed by atoms with E-state index in [1.165, 1.54) is 11.3 Å². The summed E-state index contributed by atoms with van der Waals surface area (Å²) < 4.78 is 1.79. The Morgan fingerprint density at radius 2 is 2.39 bits per heavy atom. The summed E-state index contributed by atoms with van der Waals surface area (Å²) in [6.45, 7) is 3.90. The number of aromatic nitrogens is 2. The van der Waals surface area contributed by atoms with E-state index in [2.05, 4.69) is 10.4 Å². The topological polar surface area (TPSA) is 67.2 Å². The molecule has 1 atom stereocenters. The molecule has 0 aromatic carbocycles. The molecule has 5 nitrogen and oxygen atoms in total. The summed E-state index contributed by atoms with van der Waals surface area (Å²) in [7, 11) is 1.88. The van der Waals surface area contributed by atoms with Crippen molar-refractivity contribution in [1.82, 2.24) is 15.1 Å². The number of thiophene rings is 1. The number of aliphatic hydroxyl groups is 1. The smallest absolute Gasteiger partial charge is 0.261 e. The van der Waals surface area contributed by atoms with Crippen molar-refractivity contribution in [3.8, 4) is 0 Å². The highest BCUT2D eigenvalue weighted by Crippen LogP contribution is 2.27. The first kappa shape index (κ1) is 13.0. The quantitative estimate of drug-likeness (QED) is 0.881. The minimum absolute atomic E-state index is 0.0214. The average Bonchev–Trinajstić information content (AvgIpc) is 2.82. The van der Waals surface area contributed by atoms with E-state index in [0.717, 1.165) is 15.9 Å². The van der Waals surface area contributed by atoms with Crippen LogP contribution in [0.2, 0.25) is 0 Å². The SMILES string of the molecule is Cc1nn(C)c2sc(C(=O)NC(C)CCO)cc12. The fourth-order valence-corrected chi connectivity index (χ4v) is 2.90. The Hall–Kier alpha value is -1.40. The van der Waals surface area contributed by atoms with Gasteiger partial charge in [0.05, 0.1) is 10.6 Å². The largest absolute Gasteiger partial charge is 0.396 e. The van der Waals surface area contributed by atoms with E-state index in [-0.39, 0.29) is 18.6 Å². The first-order valence-electron chi connectivity index (χ1n) is 5.87. The van der Waals surface area contributed by atoms with Gasteiger partial charge in [-0.1, -0.05) is 0 Å². The Morgan fingerprint density at radius 3 is 3.00 bits per heavy atom.